The third-order valence-electron chi connectivity index (χ3n) is 5.71. The van der Waals surface area contributed by atoms with Gasteiger partial charge in [-0.25, -0.2) is 9.78 Å². The number of thioether (sulfide) groups is 1. The van der Waals surface area contributed by atoms with Gasteiger partial charge < -0.3 is 21.1 Å². The standard InChI is InChI=1S/C23H22N6O3S/c24-10-16-18(13-6-7-13)17(11-25)22(33-19(20(26)30)14-4-2-1-3-5-14)28-21(16)29-9-8-15(12-29)32-23(27)31/h1-5,13,15,19H,6-9,12H2,(H2,26,30)(H2,27,31)/t15-,19?/m0/s1. The molecule has 1 aliphatic heterocycles. The summed E-state index contributed by atoms with van der Waals surface area (Å²) in [5.74, 6) is -0.0287. The third-order valence-corrected chi connectivity index (χ3v) is 6.97. The number of ether oxygens (including phenoxy) is 1. The summed E-state index contributed by atoms with van der Waals surface area (Å²) in [7, 11) is 0. The van der Waals surface area contributed by atoms with E-state index in [-0.39, 0.29) is 5.92 Å². The number of nitrogens with zero attached hydrogens (tertiary/aromatic N) is 4. The summed E-state index contributed by atoms with van der Waals surface area (Å²) in [6.45, 7) is 0.848. The van der Waals surface area contributed by atoms with E-state index in [1.807, 2.05) is 23.1 Å². The Bertz CT molecular complexity index is 1170. The van der Waals surface area contributed by atoms with Crippen LogP contribution in [-0.4, -0.2) is 36.2 Å². The van der Waals surface area contributed by atoms with E-state index in [1.165, 1.54) is 0 Å². The molecule has 1 saturated carbocycles. The van der Waals surface area contributed by atoms with E-state index in [0.29, 0.717) is 52.6 Å². The number of nitriles is 2. The van der Waals surface area contributed by atoms with Gasteiger partial charge in [-0.05, 0) is 29.9 Å². The van der Waals surface area contributed by atoms with E-state index in [2.05, 4.69) is 12.1 Å². The van der Waals surface area contributed by atoms with Gasteiger partial charge in [0.25, 0.3) is 0 Å². The Hall–Kier alpha value is -3.76. The van der Waals surface area contributed by atoms with Crippen LogP contribution in [0.3, 0.4) is 0 Å². The van der Waals surface area contributed by atoms with Crippen LogP contribution in [0, 0.1) is 22.7 Å². The van der Waals surface area contributed by atoms with Gasteiger partial charge in [0, 0.05) is 13.0 Å². The fraction of sp³-hybridized carbons (Fsp3) is 0.348. The lowest BCUT2D eigenvalue weighted by molar-refractivity contribution is -0.117. The number of primary amides is 2. The molecule has 2 aliphatic rings. The molecule has 0 radical (unpaired) electrons. The molecule has 1 unspecified atom stereocenters. The van der Waals surface area contributed by atoms with Crippen molar-refractivity contribution in [1.82, 2.24) is 4.98 Å². The summed E-state index contributed by atoms with van der Waals surface area (Å²) >= 11 is 1.11. The van der Waals surface area contributed by atoms with Crippen LogP contribution in [0.25, 0.3) is 0 Å². The molecule has 1 saturated heterocycles. The van der Waals surface area contributed by atoms with Crippen LogP contribution in [0.5, 0.6) is 0 Å². The zero-order valence-corrected chi connectivity index (χ0v) is 18.5. The molecule has 2 atom stereocenters. The first kappa shape index (κ1) is 22.4. The predicted molar refractivity (Wildman–Crippen MR) is 121 cm³/mol. The second-order valence-electron chi connectivity index (χ2n) is 8.01. The van der Waals surface area contributed by atoms with Crippen LogP contribution in [-0.2, 0) is 9.53 Å². The number of rotatable bonds is 7. The highest BCUT2D eigenvalue weighted by Gasteiger charge is 2.37. The highest BCUT2D eigenvalue weighted by molar-refractivity contribution is 8.00. The fourth-order valence-corrected chi connectivity index (χ4v) is 5.14. The SMILES string of the molecule is N#Cc1c(SC(C(N)=O)c2ccccc2)nc(N2CC[C@H](OC(N)=O)C2)c(C#N)c1C1CC1. The van der Waals surface area contributed by atoms with Gasteiger partial charge in [0.1, 0.15) is 34.3 Å². The molecule has 0 spiro atoms. The van der Waals surface area contributed by atoms with Crippen LogP contribution in [0.2, 0.25) is 0 Å². The minimum Gasteiger partial charge on any atom is -0.444 e. The molecule has 2 aromatic rings. The van der Waals surface area contributed by atoms with E-state index in [9.17, 15) is 20.1 Å². The van der Waals surface area contributed by atoms with Crippen molar-refractivity contribution in [1.29, 1.82) is 10.5 Å². The Kier molecular flexibility index (Phi) is 6.38. The van der Waals surface area contributed by atoms with Crippen LogP contribution in [0.15, 0.2) is 35.4 Å². The minimum atomic E-state index is -0.850. The van der Waals surface area contributed by atoms with E-state index < -0.39 is 23.4 Å². The maximum absolute atomic E-state index is 12.3. The molecular formula is C23H22N6O3S. The number of benzene rings is 1. The number of carbonyl (C=O) groups is 2. The minimum absolute atomic E-state index is 0.0967. The Balaban J connectivity index is 1.79. The molecular weight excluding hydrogens is 440 g/mol. The molecule has 168 valence electrons. The second kappa shape index (κ2) is 9.39. The highest BCUT2D eigenvalue weighted by atomic mass is 32.2. The number of pyridine rings is 1. The second-order valence-corrected chi connectivity index (χ2v) is 9.10. The predicted octanol–water partition coefficient (Wildman–Crippen LogP) is 2.70. The zero-order valence-electron chi connectivity index (χ0n) is 17.7. The molecule has 2 heterocycles. The van der Waals surface area contributed by atoms with E-state index >= 15 is 0 Å². The summed E-state index contributed by atoms with van der Waals surface area (Å²) in [6, 6.07) is 13.5. The van der Waals surface area contributed by atoms with Crippen molar-refractivity contribution in [2.45, 2.75) is 41.6 Å². The fourth-order valence-electron chi connectivity index (χ4n) is 4.09. The topological polar surface area (TPSA) is 159 Å². The quantitative estimate of drug-likeness (QED) is 0.594. The number of amides is 2. The summed E-state index contributed by atoms with van der Waals surface area (Å²) < 4.78 is 5.12. The van der Waals surface area contributed by atoms with E-state index in [4.69, 9.17) is 21.2 Å². The van der Waals surface area contributed by atoms with Gasteiger partial charge in [-0.2, -0.15) is 10.5 Å². The summed E-state index contributed by atoms with van der Waals surface area (Å²) in [5.41, 5.74) is 12.9. The van der Waals surface area contributed by atoms with Crippen molar-refractivity contribution in [2.75, 3.05) is 18.0 Å². The van der Waals surface area contributed by atoms with Gasteiger partial charge in [0.2, 0.25) is 5.91 Å². The smallest absolute Gasteiger partial charge is 0.404 e. The highest BCUT2D eigenvalue weighted by Crippen LogP contribution is 2.48. The van der Waals surface area contributed by atoms with Crippen molar-refractivity contribution in [2.24, 2.45) is 11.5 Å². The van der Waals surface area contributed by atoms with Crippen LogP contribution < -0.4 is 16.4 Å². The van der Waals surface area contributed by atoms with Gasteiger partial charge in [0.05, 0.1) is 17.7 Å². The first-order chi connectivity index (χ1) is 15.9. The summed E-state index contributed by atoms with van der Waals surface area (Å²) in [5, 5.41) is 19.6. The molecule has 1 aromatic carbocycles. The van der Waals surface area contributed by atoms with Gasteiger partial charge >= 0.3 is 6.09 Å². The number of anilines is 1. The molecule has 1 aliphatic carbocycles. The van der Waals surface area contributed by atoms with Crippen LogP contribution >= 0.6 is 11.8 Å². The van der Waals surface area contributed by atoms with Crippen molar-refractivity contribution in [3.8, 4) is 12.1 Å². The normalized spacial score (nSPS) is 18.2. The van der Waals surface area contributed by atoms with Gasteiger partial charge in [0.15, 0.2) is 0 Å². The molecule has 2 amide bonds. The van der Waals surface area contributed by atoms with Crippen molar-refractivity contribution < 1.29 is 14.3 Å². The molecule has 4 rings (SSSR count). The average Bonchev–Trinajstić information content (AvgIpc) is 3.54. The molecule has 33 heavy (non-hydrogen) atoms. The van der Waals surface area contributed by atoms with Gasteiger partial charge in [-0.15, -0.1) is 0 Å². The van der Waals surface area contributed by atoms with Gasteiger partial charge in [-0.1, -0.05) is 42.1 Å². The number of hydrogen-bond acceptors (Lipinski definition) is 8. The van der Waals surface area contributed by atoms with Gasteiger partial charge in [-0.3, -0.25) is 4.79 Å². The Labute approximate surface area is 195 Å². The Morgan fingerprint density at radius 2 is 1.82 bits per heavy atom. The maximum atomic E-state index is 12.3. The first-order valence-corrected chi connectivity index (χ1v) is 11.4. The maximum Gasteiger partial charge on any atom is 0.404 e. The van der Waals surface area contributed by atoms with Crippen molar-refractivity contribution in [3.05, 3.63) is 52.6 Å². The zero-order chi connectivity index (χ0) is 23.5. The lowest BCUT2D eigenvalue weighted by Gasteiger charge is -2.23. The third kappa shape index (κ3) is 4.71. The molecule has 0 bridgehead atoms. The van der Waals surface area contributed by atoms with E-state index in [0.717, 1.165) is 24.6 Å². The lowest BCUT2D eigenvalue weighted by Crippen LogP contribution is -2.28. The first-order valence-electron chi connectivity index (χ1n) is 10.5. The molecule has 10 heteroatoms. The number of nitrogens with two attached hydrogens (primary N) is 2. The number of hydrogen-bond donors (Lipinski definition) is 2. The van der Waals surface area contributed by atoms with Crippen LogP contribution in [0.4, 0.5) is 10.6 Å². The van der Waals surface area contributed by atoms with Crippen molar-refractivity contribution >= 4 is 29.6 Å². The lowest BCUT2D eigenvalue weighted by atomic mass is 10.00. The average molecular weight is 463 g/mol. The molecule has 9 nitrogen and oxygen atoms in total. The van der Waals surface area contributed by atoms with Crippen LogP contribution in [0.1, 0.15) is 52.7 Å². The summed E-state index contributed by atoms with van der Waals surface area (Å²) in [6.07, 6.45) is 1.04. The Morgan fingerprint density at radius 3 is 2.39 bits per heavy atom. The molecule has 4 N–H and O–H groups in total. The number of carbonyl (C=O) groups excluding carboxylic acids is 2. The monoisotopic (exact) mass is 462 g/mol. The number of aromatic nitrogens is 1. The molecule has 2 fully saturated rings. The summed E-state index contributed by atoms with van der Waals surface area (Å²) in [4.78, 5) is 30.0. The largest absolute Gasteiger partial charge is 0.444 e. The molecule has 1 aromatic heterocycles. The Morgan fingerprint density at radius 1 is 1.12 bits per heavy atom. The van der Waals surface area contributed by atoms with Crippen molar-refractivity contribution in [3.63, 3.8) is 0 Å². The van der Waals surface area contributed by atoms with E-state index in [1.54, 1.807) is 12.1 Å².